The monoisotopic (exact) mass is 277 g/mol. The van der Waals surface area contributed by atoms with E-state index in [0.29, 0.717) is 17.3 Å². The number of pyridine rings is 1. The van der Waals surface area contributed by atoms with E-state index in [1.807, 2.05) is 6.07 Å². The predicted octanol–water partition coefficient (Wildman–Crippen LogP) is 3.52. The summed E-state index contributed by atoms with van der Waals surface area (Å²) in [6.45, 7) is -0.0258. The molecule has 0 saturated carbocycles. The fourth-order valence-electron chi connectivity index (χ4n) is 1.38. The molecule has 0 aliphatic rings. The highest BCUT2D eigenvalue weighted by atomic mass is 35.5. The molecule has 0 atom stereocenters. The van der Waals surface area contributed by atoms with Crippen molar-refractivity contribution in [1.82, 2.24) is 4.98 Å². The van der Waals surface area contributed by atoms with Gasteiger partial charge in [0.2, 0.25) is 0 Å². The molecule has 1 aromatic heterocycles. The van der Waals surface area contributed by atoms with E-state index in [9.17, 15) is 4.39 Å². The SMILES string of the molecule is N#CCOc1ccc(Nc2ccc(F)c(Cl)c2)nc1. The first-order valence-corrected chi connectivity index (χ1v) is 5.75. The molecule has 0 aliphatic carbocycles. The molecular formula is C13H9ClFN3O. The number of nitriles is 1. The number of anilines is 2. The molecule has 0 bridgehead atoms. The summed E-state index contributed by atoms with van der Waals surface area (Å²) in [5.41, 5.74) is 0.629. The van der Waals surface area contributed by atoms with Crippen LogP contribution in [0, 0.1) is 17.1 Å². The third kappa shape index (κ3) is 3.57. The molecule has 0 radical (unpaired) electrons. The van der Waals surface area contributed by atoms with Crippen LogP contribution in [0.5, 0.6) is 5.75 Å². The molecule has 0 amide bonds. The molecular weight excluding hydrogens is 269 g/mol. The summed E-state index contributed by atoms with van der Waals surface area (Å²) in [5, 5.41) is 11.4. The van der Waals surface area contributed by atoms with Crippen molar-refractivity contribution < 1.29 is 9.13 Å². The van der Waals surface area contributed by atoms with Gasteiger partial charge in [0.15, 0.2) is 6.61 Å². The minimum atomic E-state index is -0.472. The van der Waals surface area contributed by atoms with Gasteiger partial charge in [0.1, 0.15) is 23.5 Å². The van der Waals surface area contributed by atoms with E-state index in [0.717, 1.165) is 0 Å². The van der Waals surface area contributed by atoms with E-state index in [-0.39, 0.29) is 11.6 Å². The lowest BCUT2D eigenvalue weighted by Gasteiger charge is -2.07. The average Bonchev–Trinajstić information content (AvgIpc) is 2.42. The third-order valence-corrected chi connectivity index (χ3v) is 2.52. The minimum absolute atomic E-state index is 0.0258. The Kier molecular flexibility index (Phi) is 4.16. The van der Waals surface area contributed by atoms with Crippen LogP contribution in [0.4, 0.5) is 15.9 Å². The van der Waals surface area contributed by atoms with Gasteiger partial charge in [-0.3, -0.25) is 0 Å². The Hall–Kier alpha value is -2.32. The molecule has 0 spiro atoms. The molecule has 19 heavy (non-hydrogen) atoms. The van der Waals surface area contributed by atoms with E-state index in [4.69, 9.17) is 21.6 Å². The second-order valence-electron chi connectivity index (χ2n) is 3.58. The Balaban J connectivity index is 2.06. The van der Waals surface area contributed by atoms with Crippen molar-refractivity contribution in [1.29, 1.82) is 5.26 Å². The summed E-state index contributed by atoms with van der Waals surface area (Å²) in [7, 11) is 0. The van der Waals surface area contributed by atoms with Crippen molar-refractivity contribution >= 4 is 23.1 Å². The largest absolute Gasteiger partial charge is 0.477 e. The molecule has 0 aliphatic heterocycles. The van der Waals surface area contributed by atoms with E-state index < -0.39 is 5.82 Å². The zero-order valence-corrected chi connectivity index (χ0v) is 10.5. The molecule has 96 valence electrons. The minimum Gasteiger partial charge on any atom is -0.477 e. The van der Waals surface area contributed by atoms with Gasteiger partial charge in [0.05, 0.1) is 11.2 Å². The number of aromatic nitrogens is 1. The van der Waals surface area contributed by atoms with Crippen molar-refractivity contribution in [3.63, 3.8) is 0 Å². The van der Waals surface area contributed by atoms with Gasteiger partial charge in [-0.05, 0) is 30.3 Å². The number of benzene rings is 1. The van der Waals surface area contributed by atoms with Crippen molar-refractivity contribution in [2.75, 3.05) is 11.9 Å². The Morgan fingerprint density at radius 3 is 2.84 bits per heavy atom. The first kappa shape index (κ1) is 13.1. The molecule has 0 saturated heterocycles. The second kappa shape index (κ2) is 6.03. The van der Waals surface area contributed by atoms with Gasteiger partial charge < -0.3 is 10.1 Å². The smallest absolute Gasteiger partial charge is 0.174 e. The van der Waals surface area contributed by atoms with Crippen LogP contribution in [-0.2, 0) is 0 Å². The van der Waals surface area contributed by atoms with Crippen molar-refractivity contribution in [2.45, 2.75) is 0 Å². The van der Waals surface area contributed by atoms with E-state index in [1.165, 1.54) is 18.3 Å². The Morgan fingerprint density at radius 1 is 1.37 bits per heavy atom. The maximum atomic E-state index is 13.0. The molecule has 1 heterocycles. The summed E-state index contributed by atoms with van der Waals surface area (Å²) < 4.78 is 18.1. The lowest BCUT2D eigenvalue weighted by Crippen LogP contribution is -1.96. The molecule has 0 fully saturated rings. The van der Waals surface area contributed by atoms with E-state index >= 15 is 0 Å². The highest BCUT2D eigenvalue weighted by molar-refractivity contribution is 6.31. The highest BCUT2D eigenvalue weighted by Gasteiger charge is 2.02. The average molecular weight is 278 g/mol. The van der Waals surface area contributed by atoms with Crippen LogP contribution < -0.4 is 10.1 Å². The number of nitrogens with one attached hydrogen (secondary N) is 1. The molecule has 1 aromatic carbocycles. The van der Waals surface area contributed by atoms with Crippen LogP contribution in [0.3, 0.4) is 0 Å². The molecule has 2 aromatic rings. The van der Waals surface area contributed by atoms with E-state index in [1.54, 1.807) is 18.2 Å². The topological polar surface area (TPSA) is 57.9 Å². The fourth-order valence-corrected chi connectivity index (χ4v) is 1.56. The van der Waals surface area contributed by atoms with Crippen LogP contribution in [0.1, 0.15) is 0 Å². The van der Waals surface area contributed by atoms with Gasteiger partial charge >= 0.3 is 0 Å². The number of nitrogens with zero attached hydrogens (tertiary/aromatic N) is 2. The summed E-state index contributed by atoms with van der Waals surface area (Å²) >= 11 is 5.68. The third-order valence-electron chi connectivity index (χ3n) is 2.23. The lowest BCUT2D eigenvalue weighted by molar-refractivity contribution is 0.366. The predicted molar refractivity (Wildman–Crippen MR) is 70.0 cm³/mol. The fraction of sp³-hybridized carbons (Fsp3) is 0.0769. The van der Waals surface area contributed by atoms with Crippen LogP contribution in [-0.4, -0.2) is 11.6 Å². The van der Waals surface area contributed by atoms with Crippen LogP contribution in [0.25, 0.3) is 0 Å². The number of rotatable bonds is 4. The maximum absolute atomic E-state index is 13.0. The summed E-state index contributed by atoms with van der Waals surface area (Å²) in [6.07, 6.45) is 1.49. The van der Waals surface area contributed by atoms with Crippen LogP contribution in [0.2, 0.25) is 5.02 Å². The first-order valence-electron chi connectivity index (χ1n) is 5.37. The number of halogens is 2. The molecule has 2 rings (SSSR count). The van der Waals surface area contributed by atoms with Gasteiger partial charge in [-0.25, -0.2) is 9.37 Å². The lowest BCUT2D eigenvalue weighted by atomic mass is 10.3. The number of ether oxygens (including phenoxy) is 1. The van der Waals surface area contributed by atoms with Crippen molar-refractivity contribution in [3.05, 3.63) is 47.4 Å². The zero-order chi connectivity index (χ0) is 13.7. The molecule has 4 nitrogen and oxygen atoms in total. The highest BCUT2D eigenvalue weighted by Crippen LogP contribution is 2.22. The van der Waals surface area contributed by atoms with Gasteiger partial charge in [-0.15, -0.1) is 0 Å². The second-order valence-corrected chi connectivity index (χ2v) is 3.99. The quantitative estimate of drug-likeness (QED) is 0.929. The van der Waals surface area contributed by atoms with Crippen LogP contribution in [0.15, 0.2) is 36.5 Å². The van der Waals surface area contributed by atoms with Gasteiger partial charge in [0.25, 0.3) is 0 Å². The number of hydrogen-bond donors (Lipinski definition) is 1. The molecule has 6 heteroatoms. The summed E-state index contributed by atoms with van der Waals surface area (Å²) in [5.74, 6) is 0.594. The summed E-state index contributed by atoms with van der Waals surface area (Å²) in [4.78, 5) is 4.10. The Bertz CT molecular complexity index is 610. The van der Waals surface area contributed by atoms with E-state index in [2.05, 4.69) is 10.3 Å². The van der Waals surface area contributed by atoms with Crippen molar-refractivity contribution in [2.24, 2.45) is 0 Å². The zero-order valence-electron chi connectivity index (χ0n) is 9.73. The van der Waals surface area contributed by atoms with Crippen molar-refractivity contribution in [3.8, 4) is 11.8 Å². The van der Waals surface area contributed by atoms with Crippen LogP contribution >= 0.6 is 11.6 Å². The Labute approximate surface area is 114 Å². The van der Waals surface area contributed by atoms with Gasteiger partial charge in [-0.2, -0.15) is 5.26 Å². The summed E-state index contributed by atoms with van der Waals surface area (Å²) in [6, 6.07) is 9.53. The maximum Gasteiger partial charge on any atom is 0.174 e. The van der Waals surface area contributed by atoms with Gasteiger partial charge in [0, 0.05) is 5.69 Å². The van der Waals surface area contributed by atoms with Gasteiger partial charge in [-0.1, -0.05) is 11.6 Å². The standard InChI is InChI=1S/C13H9ClFN3O/c14-11-7-9(1-3-12(11)15)18-13-4-2-10(8-17-13)19-6-5-16/h1-4,7-8H,6H2,(H,17,18). The molecule has 1 N–H and O–H groups in total. The number of hydrogen-bond acceptors (Lipinski definition) is 4. The normalized spacial score (nSPS) is 9.74. The molecule has 0 unspecified atom stereocenters. The first-order chi connectivity index (χ1) is 9.19. The Morgan fingerprint density at radius 2 is 2.21 bits per heavy atom.